The zero-order valence-corrected chi connectivity index (χ0v) is 45.9. The van der Waals surface area contributed by atoms with E-state index in [-0.39, 0.29) is 42.9 Å². The van der Waals surface area contributed by atoms with Crippen LogP contribution >= 0.6 is 21.6 Å². The predicted molar refractivity (Wildman–Crippen MR) is 292 cm³/mol. The minimum atomic E-state index is -2.50. The van der Waals surface area contributed by atoms with Crippen molar-refractivity contribution in [1.29, 1.82) is 0 Å². The van der Waals surface area contributed by atoms with Gasteiger partial charge in [0.15, 0.2) is 11.4 Å². The number of carboxylic acids is 1. The van der Waals surface area contributed by atoms with Gasteiger partial charge in [-0.15, -0.1) is 12.3 Å². The Labute approximate surface area is 452 Å². The van der Waals surface area contributed by atoms with Crippen molar-refractivity contribution in [2.45, 2.75) is 125 Å². The van der Waals surface area contributed by atoms with Gasteiger partial charge in [0, 0.05) is 121 Å². The number of aliphatic hydroxyl groups excluding tert-OH is 1. The van der Waals surface area contributed by atoms with Crippen molar-refractivity contribution in [1.82, 2.24) is 31.0 Å². The van der Waals surface area contributed by atoms with Crippen LogP contribution in [0.15, 0.2) is 48.6 Å². The molecule has 18 nitrogen and oxygen atoms in total. The number of H-pyrrole nitrogens is 1. The highest BCUT2D eigenvalue weighted by molar-refractivity contribution is 8.76. The first kappa shape index (κ1) is 55.5. The molecule has 76 heavy (non-hydrogen) atoms. The van der Waals surface area contributed by atoms with Crippen LogP contribution in [0.5, 0.6) is 5.75 Å². The van der Waals surface area contributed by atoms with Crippen LogP contribution in [-0.4, -0.2) is 165 Å². The molecule has 3 amide bonds. The molecule has 6 aliphatic rings. The molecule has 1 unspecified atom stereocenters. The fraction of sp³-hybridized carbons (Fsp3) is 0.589. The van der Waals surface area contributed by atoms with Crippen molar-refractivity contribution in [3.05, 3.63) is 70.9 Å². The van der Waals surface area contributed by atoms with E-state index in [4.69, 9.17) is 15.9 Å². The summed E-state index contributed by atoms with van der Waals surface area (Å²) in [7, 11) is 5.91. The van der Waals surface area contributed by atoms with Gasteiger partial charge in [0.25, 0.3) is 5.91 Å². The van der Waals surface area contributed by atoms with E-state index in [0.717, 1.165) is 52.9 Å². The zero-order valence-electron chi connectivity index (χ0n) is 44.3. The molecule has 2 aromatic carbocycles. The number of carboxylic acid groups (broad SMARTS) is 1. The number of aliphatic carboxylic acids is 1. The second kappa shape index (κ2) is 21.5. The number of carbonyl (C=O) groups excluding carboxylic acids is 4. The summed E-state index contributed by atoms with van der Waals surface area (Å²) in [5.41, 5.74) is 4.78. The number of likely N-dealkylation sites (N-methyl/N-ethyl adjacent to an activating group) is 1. The van der Waals surface area contributed by atoms with Crippen LogP contribution in [0.3, 0.4) is 0 Å². The lowest BCUT2D eigenvalue weighted by molar-refractivity contribution is -0.204. The predicted octanol–water partition coefficient (Wildman–Crippen LogP) is 4.42. The number of nitrogens with one attached hydrogen (secondary N) is 4. The number of benzene rings is 2. The Hall–Kier alpha value is -5.27. The molecule has 8 N–H and O–H groups in total. The fourth-order valence-electron chi connectivity index (χ4n) is 14.7. The van der Waals surface area contributed by atoms with E-state index in [1.54, 1.807) is 7.11 Å². The lowest BCUT2D eigenvalue weighted by Crippen LogP contribution is -2.82. The first-order valence-electron chi connectivity index (χ1n) is 26.5. The standard InChI is InChI=1S/C56H73N7O11S2/c1-8-14-41(57-33(4)64)43(65)25-35(46(66)67)31-76-75-24-23-74-51(70)60-59-50(69)56(72)48-55(19-22-63-20-13-18-54(10-3,47(55)63)49(56)68)38-26-39(44(73-7)27-42(38)61(48)6)52(5)28-34-29-53(71,9-2)32-62(30-34)21-17-37-36-15-11-12-16-40(36)58-45(37)52/h1,11-13,15-16,18,26-27,34-35,41,47-49,58,68,71-72H,9-10,14,17,19-25,28-32H2,2-7H3,(H,57,64)(H,59,69)(H,60,70)(H,66,67)/t34-,35+,41-,47-,48+,49+,52+,53-,54+,55+,56-/m0/s1. The van der Waals surface area contributed by atoms with E-state index in [1.807, 2.05) is 43.2 Å². The number of ether oxygens (including phenoxy) is 2. The Morgan fingerprint density at radius 2 is 1.80 bits per heavy atom. The molecule has 1 aromatic heterocycles. The average molecular weight is 1080 g/mol. The lowest BCUT2D eigenvalue weighted by Gasteiger charge is -2.63. The first-order chi connectivity index (χ1) is 36.2. The Kier molecular flexibility index (Phi) is 15.7. The Morgan fingerprint density at radius 1 is 1.03 bits per heavy atom. The summed E-state index contributed by atoms with van der Waals surface area (Å²) in [6.07, 6.45) is 10.1. The van der Waals surface area contributed by atoms with Crippen LogP contribution in [0.2, 0.25) is 0 Å². The number of hydrogen-bond donors (Lipinski definition) is 8. The number of rotatable bonds is 17. The van der Waals surface area contributed by atoms with Gasteiger partial charge in [-0.2, -0.15) is 0 Å². The largest absolute Gasteiger partial charge is 0.496 e. The molecule has 9 rings (SSSR count). The van der Waals surface area contributed by atoms with Crippen molar-refractivity contribution in [3.63, 3.8) is 0 Å². The molecular formula is C56H73N7O11S2. The Bertz CT molecular complexity index is 2840. The van der Waals surface area contributed by atoms with Gasteiger partial charge in [-0.05, 0) is 81.2 Å². The zero-order chi connectivity index (χ0) is 54.5. The number of nitrogens with zero attached hydrogens (tertiary/aromatic N) is 3. The van der Waals surface area contributed by atoms with Crippen LogP contribution in [0.25, 0.3) is 10.9 Å². The number of Topliss-reactive ketones (excluding diaryl/α,β-unsaturated/α-hetero) is 1. The number of hydrogen-bond acceptors (Lipinski definition) is 15. The molecular weight excluding hydrogens is 1010 g/mol. The van der Waals surface area contributed by atoms with Gasteiger partial charge < -0.3 is 45.1 Å². The number of aromatic nitrogens is 1. The number of para-hydroxylation sites is 1. The molecule has 0 radical (unpaired) electrons. The molecule has 3 aromatic rings. The smallest absolute Gasteiger partial charge is 0.426 e. The maximum absolute atomic E-state index is 15.0. The molecule has 5 aliphatic heterocycles. The van der Waals surface area contributed by atoms with Crippen molar-refractivity contribution < 1.29 is 53.9 Å². The van der Waals surface area contributed by atoms with E-state index in [0.29, 0.717) is 57.5 Å². The van der Waals surface area contributed by atoms with Crippen molar-refractivity contribution in [2.75, 3.05) is 69.9 Å². The van der Waals surface area contributed by atoms with Crippen LogP contribution in [0.4, 0.5) is 10.5 Å². The topological polar surface area (TPSA) is 246 Å². The lowest BCUT2D eigenvalue weighted by atomic mass is 9.47. The van der Waals surface area contributed by atoms with E-state index in [9.17, 15) is 44.4 Å². The van der Waals surface area contributed by atoms with Crippen molar-refractivity contribution in [2.24, 2.45) is 17.3 Å². The molecule has 1 aliphatic carbocycles. The number of aliphatic hydroxyl groups is 3. The summed E-state index contributed by atoms with van der Waals surface area (Å²) in [6.45, 7) is 11.0. The number of anilines is 1. The quantitative estimate of drug-likeness (QED) is 0.0307. The maximum Gasteiger partial charge on any atom is 0.426 e. The number of terminal acetylenes is 1. The van der Waals surface area contributed by atoms with Gasteiger partial charge in [0.05, 0.1) is 30.7 Å². The first-order valence-corrected chi connectivity index (χ1v) is 29.0. The average Bonchev–Trinajstić information content (AvgIpc) is 4.27. The minimum absolute atomic E-state index is 0.0494. The Morgan fingerprint density at radius 3 is 2.51 bits per heavy atom. The summed E-state index contributed by atoms with van der Waals surface area (Å²) < 4.78 is 11.8. The highest BCUT2D eigenvalue weighted by Gasteiger charge is 2.78. The number of hydrazine groups is 1. The summed E-state index contributed by atoms with van der Waals surface area (Å²) in [6, 6.07) is 10.4. The molecule has 2 saturated heterocycles. The van der Waals surface area contributed by atoms with Crippen LogP contribution < -0.4 is 25.8 Å². The molecule has 6 heterocycles. The Balaban J connectivity index is 0.989. The number of aromatic amines is 1. The minimum Gasteiger partial charge on any atom is -0.496 e. The van der Waals surface area contributed by atoms with Crippen molar-refractivity contribution in [3.8, 4) is 18.1 Å². The number of ketones is 1. The van der Waals surface area contributed by atoms with E-state index in [2.05, 4.69) is 75.0 Å². The van der Waals surface area contributed by atoms with Gasteiger partial charge in [0.1, 0.15) is 18.5 Å². The molecule has 20 heteroatoms. The summed E-state index contributed by atoms with van der Waals surface area (Å²) in [5, 5.41) is 51.7. The maximum atomic E-state index is 15.0. The van der Waals surface area contributed by atoms with E-state index < -0.39 is 81.2 Å². The molecule has 3 fully saturated rings. The van der Waals surface area contributed by atoms with Gasteiger partial charge in [-0.25, -0.2) is 10.2 Å². The van der Waals surface area contributed by atoms with Gasteiger partial charge in [0.2, 0.25) is 5.91 Å². The van der Waals surface area contributed by atoms with Gasteiger partial charge in [-0.1, -0.05) is 65.8 Å². The molecule has 410 valence electrons. The second-order valence-corrected chi connectivity index (χ2v) is 24.9. The molecule has 2 bridgehead atoms. The highest BCUT2D eigenvalue weighted by atomic mass is 33.1. The van der Waals surface area contributed by atoms with Crippen molar-refractivity contribution >= 4 is 67.8 Å². The van der Waals surface area contributed by atoms with Gasteiger partial charge >= 0.3 is 12.1 Å². The normalized spacial score (nSPS) is 31.9. The third-order valence-corrected chi connectivity index (χ3v) is 20.4. The SMILES string of the molecule is C#CC[C@H](NC(C)=O)C(=O)C[C@H](CSSCCOC(=O)NNC(=O)[C@@]1(O)[C@H](O)[C@]2(CC)C=CCN3CC[C@@]4(c5cc([C@@]6(C)C[C@@H]7CN(CCc8c6[nH]c6ccccc86)C[C@](O)(CC)C7)c(OC)cc5N(C)[C@@H]14)[C@@H]32)C(=O)O. The monoisotopic (exact) mass is 1080 g/mol. The number of methoxy groups -OCH3 is 1. The summed E-state index contributed by atoms with van der Waals surface area (Å²) in [4.78, 5) is 75.2. The molecule has 1 spiro atoms. The highest BCUT2D eigenvalue weighted by Crippen LogP contribution is 2.67. The third kappa shape index (κ3) is 9.34. The van der Waals surface area contributed by atoms with E-state index in [1.165, 1.54) is 34.1 Å². The number of fused-ring (bicyclic) bond motifs is 6. The number of piperidine rings is 1. The second-order valence-electron chi connectivity index (χ2n) is 22.2. The molecule has 12 atom stereocenters. The number of carbonyl (C=O) groups is 5. The summed E-state index contributed by atoms with van der Waals surface area (Å²) >= 11 is 0. The van der Waals surface area contributed by atoms with Crippen LogP contribution in [-0.2, 0) is 41.2 Å². The van der Waals surface area contributed by atoms with Crippen LogP contribution in [0, 0.1) is 29.6 Å². The fourth-order valence-corrected chi connectivity index (χ4v) is 16.9. The number of amides is 3. The van der Waals surface area contributed by atoms with Crippen LogP contribution in [0.1, 0.15) is 95.0 Å². The van der Waals surface area contributed by atoms with E-state index >= 15 is 0 Å². The molecule has 1 saturated carbocycles. The third-order valence-electron chi connectivity index (χ3n) is 17.9. The summed E-state index contributed by atoms with van der Waals surface area (Å²) in [5.74, 6) is -0.792. The van der Waals surface area contributed by atoms with Gasteiger partial charge in [-0.3, -0.25) is 34.4 Å².